The number of aliphatic hydroxyl groups excluding tert-OH is 1. The third-order valence-electron chi connectivity index (χ3n) is 1.80. The minimum atomic E-state index is -1.02. The van der Waals surface area contributed by atoms with Gasteiger partial charge in [0.05, 0.1) is 6.61 Å². The number of benzene rings is 1. The van der Waals surface area contributed by atoms with Gasteiger partial charge in [0.2, 0.25) is 0 Å². The lowest BCUT2D eigenvalue weighted by atomic mass is 10.1. The normalized spacial score (nSPS) is 12.1. The van der Waals surface area contributed by atoms with E-state index in [9.17, 15) is 5.11 Å². The first kappa shape index (κ1) is 10.5. The first-order chi connectivity index (χ1) is 6.65. The molecule has 4 nitrogen and oxygen atoms in total. The number of hydrogen-bond donors (Lipinski definition) is 3. The van der Waals surface area contributed by atoms with Crippen LogP contribution >= 0.6 is 0 Å². The maximum atomic E-state index is 9.43. The van der Waals surface area contributed by atoms with Crippen molar-refractivity contribution in [3.8, 4) is 5.75 Å². The van der Waals surface area contributed by atoms with Crippen LogP contribution in [0, 0.1) is 5.41 Å². The van der Waals surface area contributed by atoms with Gasteiger partial charge in [0, 0.05) is 0 Å². The maximum absolute atomic E-state index is 9.43. The van der Waals surface area contributed by atoms with Gasteiger partial charge in [-0.25, -0.2) is 0 Å². The van der Waals surface area contributed by atoms with Crippen LogP contribution in [0.2, 0.25) is 0 Å². The average Bonchev–Trinajstić information content (AvgIpc) is 2.18. The summed E-state index contributed by atoms with van der Waals surface area (Å²) in [6.07, 6.45) is -1.02. The molecular weight excluding hydrogens is 180 g/mol. The molecule has 0 unspecified atom stereocenters. The molecule has 0 fully saturated rings. The largest absolute Gasteiger partial charge is 0.494 e. The standard InChI is InChI=1S/C10H14N2O2/c1-2-14-8-5-3-7(4-6-8)9(13)10(11)12/h3-6,9,13H,2H2,1H3,(H3,11,12)/t9-/m1/s1. The summed E-state index contributed by atoms with van der Waals surface area (Å²) in [5.74, 6) is 0.487. The molecule has 0 saturated carbocycles. The van der Waals surface area contributed by atoms with Gasteiger partial charge in [-0.15, -0.1) is 0 Å². The van der Waals surface area contributed by atoms with E-state index in [2.05, 4.69) is 0 Å². The predicted molar refractivity (Wildman–Crippen MR) is 54.5 cm³/mol. The first-order valence-corrected chi connectivity index (χ1v) is 4.40. The van der Waals surface area contributed by atoms with Gasteiger partial charge in [0.1, 0.15) is 17.7 Å². The molecule has 0 amide bonds. The van der Waals surface area contributed by atoms with Gasteiger partial charge in [0.15, 0.2) is 0 Å². The van der Waals surface area contributed by atoms with Crippen LogP contribution in [-0.4, -0.2) is 17.5 Å². The van der Waals surface area contributed by atoms with Crippen molar-refractivity contribution in [3.63, 3.8) is 0 Å². The molecule has 0 spiro atoms. The van der Waals surface area contributed by atoms with Crippen LogP contribution in [-0.2, 0) is 0 Å². The molecule has 0 heterocycles. The topological polar surface area (TPSA) is 79.3 Å². The Labute approximate surface area is 82.8 Å². The fraction of sp³-hybridized carbons (Fsp3) is 0.300. The van der Waals surface area contributed by atoms with Crippen molar-refractivity contribution in [1.29, 1.82) is 5.41 Å². The molecule has 0 radical (unpaired) electrons. The summed E-state index contributed by atoms with van der Waals surface area (Å²) in [5.41, 5.74) is 5.76. The Balaban J connectivity index is 2.77. The van der Waals surface area contributed by atoms with Crippen LogP contribution < -0.4 is 10.5 Å². The van der Waals surface area contributed by atoms with E-state index < -0.39 is 6.10 Å². The van der Waals surface area contributed by atoms with E-state index in [0.29, 0.717) is 12.2 Å². The number of amidine groups is 1. The van der Waals surface area contributed by atoms with E-state index in [1.807, 2.05) is 6.92 Å². The second-order valence-corrected chi connectivity index (χ2v) is 2.86. The van der Waals surface area contributed by atoms with E-state index in [0.717, 1.165) is 5.75 Å². The van der Waals surface area contributed by atoms with E-state index in [4.69, 9.17) is 15.9 Å². The monoisotopic (exact) mass is 194 g/mol. The molecule has 1 aromatic rings. The van der Waals surface area contributed by atoms with E-state index in [1.54, 1.807) is 24.3 Å². The first-order valence-electron chi connectivity index (χ1n) is 4.40. The van der Waals surface area contributed by atoms with Gasteiger partial charge in [-0.1, -0.05) is 12.1 Å². The Bertz CT molecular complexity index is 308. The van der Waals surface area contributed by atoms with Gasteiger partial charge in [-0.05, 0) is 24.6 Å². The Kier molecular flexibility index (Phi) is 3.48. The summed E-state index contributed by atoms with van der Waals surface area (Å²) in [6, 6.07) is 6.87. The van der Waals surface area contributed by atoms with Gasteiger partial charge < -0.3 is 15.6 Å². The summed E-state index contributed by atoms with van der Waals surface area (Å²) >= 11 is 0. The molecule has 0 bridgehead atoms. The molecule has 0 saturated heterocycles. The summed E-state index contributed by atoms with van der Waals surface area (Å²) in [7, 11) is 0. The quantitative estimate of drug-likeness (QED) is 0.495. The summed E-state index contributed by atoms with van der Waals surface area (Å²) in [6.45, 7) is 2.51. The molecule has 1 atom stereocenters. The minimum absolute atomic E-state index is 0.255. The number of nitrogens with two attached hydrogens (primary N) is 1. The van der Waals surface area contributed by atoms with Crippen LogP contribution in [0.4, 0.5) is 0 Å². The molecule has 0 aliphatic heterocycles. The van der Waals surface area contributed by atoms with Crippen molar-refractivity contribution in [3.05, 3.63) is 29.8 Å². The molecule has 0 aliphatic carbocycles. The fourth-order valence-corrected chi connectivity index (χ4v) is 1.09. The SMILES string of the molecule is CCOc1ccc([C@@H](O)C(=N)N)cc1. The highest BCUT2D eigenvalue weighted by Gasteiger charge is 2.09. The number of rotatable bonds is 4. The van der Waals surface area contributed by atoms with E-state index in [-0.39, 0.29) is 5.84 Å². The smallest absolute Gasteiger partial charge is 0.135 e. The Morgan fingerprint density at radius 1 is 1.50 bits per heavy atom. The van der Waals surface area contributed by atoms with E-state index >= 15 is 0 Å². The third kappa shape index (κ3) is 2.47. The molecule has 0 aromatic heterocycles. The van der Waals surface area contributed by atoms with Crippen LogP contribution in [0.15, 0.2) is 24.3 Å². The molecule has 4 heteroatoms. The average molecular weight is 194 g/mol. The Morgan fingerprint density at radius 2 is 2.07 bits per heavy atom. The van der Waals surface area contributed by atoms with Gasteiger partial charge >= 0.3 is 0 Å². The summed E-state index contributed by atoms with van der Waals surface area (Å²) < 4.78 is 5.23. The van der Waals surface area contributed by atoms with Gasteiger partial charge in [-0.3, -0.25) is 5.41 Å². The number of nitrogens with one attached hydrogen (secondary N) is 1. The second-order valence-electron chi connectivity index (χ2n) is 2.86. The lowest BCUT2D eigenvalue weighted by Crippen LogP contribution is -2.19. The van der Waals surface area contributed by atoms with Crippen LogP contribution in [0.5, 0.6) is 5.75 Å². The highest BCUT2D eigenvalue weighted by atomic mass is 16.5. The Morgan fingerprint density at radius 3 is 2.50 bits per heavy atom. The zero-order chi connectivity index (χ0) is 10.6. The van der Waals surface area contributed by atoms with Gasteiger partial charge in [-0.2, -0.15) is 0 Å². The van der Waals surface area contributed by atoms with Crippen molar-refractivity contribution in [2.75, 3.05) is 6.61 Å². The van der Waals surface area contributed by atoms with E-state index in [1.165, 1.54) is 0 Å². The number of ether oxygens (including phenoxy) is 1. The molecule has 1 rings (SSSR count). The maximum Gasteiger partial charge on any atom is 0.135 e. The van der Waals surface area contributed by atoms with Gasteiger partial charge in [0.25, 0.3) is 0 Å². The fourth-order valence-electron chi connectivity index (χ4n) is 1.09. The zero-order valence-corrected chi connectivity index (χ0v) is 8.03. The lowest BCUT2D eigenvalue weighted by molar-refractivity contribution is 0.245. The molecular formula is C10H14N2O2. The molecule has 0 aliphatic rings. The van der Waals surface area contributed by atoms with Crippen molar-refractivity contribution >= 4 is 5.84 Å². The van der Waals surface area contributed by atoms with Crippen molar-refractivity contribution < 1.29 is 9.84 Å². The van der Waals surface area contributed by atoms with Crippen LogP contribution in [0.3, 0.4) is 0 Å². The molecule has 76 valence electrons. The second kappa shape index (κ2) is 4.62. The molecule has 1 aromatic carbocycles. The third-order valence-corrected chi connectivity index (χ3v) is 1.80. The van der Waals surface area contributed by atoms with Crippen molar-refractivity contribution in [1.82, 2.24) is 0 Å². The van der Waals surface area contributed by atoms with Crippen LogP contribution in [0.25, 0.3) is 0 Å². The summed E-state index contributed by atoms with van der Waals surface area (Å²) in [4.78, 5) is 0. The minimum Gasteiger partial charge on any atom is -0.494 e. The molecule has 14 heavy (non-hydrogen) atoms. The highest BCUT2D eigenvalue weighted by molar-refractivity contribution is 5.82. The van der Waals surface area contributed by atoms with Crippen molar-refractivity contribution in [2.45, 2.75) is 13.0 Å². The number of aliphatic hydroxyl groups is 1. The predicted octanol–water partition coefficient (Wildman–Crippen LogP) is 1.05. The number of hydrogen-bond acceptors (Lipinski definition) is 3. The zero-order valence-electron chi connectivity index (χ0n) is 8.03. The Hall–Kier alpha value is -1.55. The summed E-state index contributed by atoms with van der Waals surface area (Å²) in [5, 5.41) is 16.5. The lowest BCUT2D eigenvalue weighted by Gasteiger charge is -2.09. The molecule has 4 N–H and O–H groups in total. The van der Waals surface area contributed by atoms with Crippen LogP contribution in [0.1, 0.15) is 18.6 Å². The highest BCUT2D eigenvalue weighted by Crippen LogP contribution is 2.17. The van der Waals surface area contributed by atoms with Crippen molar-refractivity contribution in [2.24, 2.45) is 5.73 Å².